The van der Waals surface area contributed by atoms with Crippen LogP contribution in [0, 0.1) is 5.92 Å². The van der Waals surface area contributed by atoms with Crippen LogP contribution >= 0.6 is 0 Å². The zero-order valence-electron chi connectivity index (χ0n) is 10.8. The standard InChI is InChI=1S/C12H23NO4/c1-12(2,3)17-11(16)13-6-4-5-9(7-14)10(13)8-15/h9-10,14-15H,4-8H2,1-3H3/t9-,10-/m1/s1. The highest BCUT2D eigenvalue weighted by molar-refractivity contribution is 5.68. The average molecular weight is 245 g/mol. The fourth-order valence-corrected chi connectivity index (χ4v) is 2.14. The molecule has 17 heavy (non-hydrogen) atoms. The van der Waals surface area contributed by atoms with Gasteiger partial charge in [-0.05, 0) is 33.6 Å². The number of ether oxygens (including phenoxy) is 1. The first kappa shape index (κ1) is 14.3. The van der Waals surface area contributed by atoms with Gasteiger partial charge in [0.05, 0.1) is 12.6 Å². The fraction of sp³-hybridized carbons (Fsp3) is 0.917. The van der Waals surface area contributed by atoms with Crippen molar-refractivity contribution in [2.24, 2.45) is 5.92 Å². The number of aliphatic hydroxyl groups excluding tert-OH is 2. The Balaban J connectivity index is 2.70. The highest BCUT2D eigenvalue weighted by Crippen LogP contribution is 2.25. The number of aliphatic hydroxyl groups is 2. The maximum Gasteiger partial charge on any atom is 0.410 e. The number of hydrogen-bond acceptors (Lipinski definition) is 4. The van der Waals surface area contributed by atoms with Gasteiger partial charge in [0, 0.05) is 19.1 Å². The van der Waals surface area contributed by atoms with Crippen LogP contribution in [0.3, 0.4) is 0 Å². The SMILES string of the molecule is CC(C)(C)OC(=O)N1CCC[C@H](CO)[C@H]1CO. The monoisotopic (exact) mass is 245 g/mol. The van der Waals surface area contributed by atoms with Crippen molar-refractivity contribution >= 4 is 6.09 Å². The molecule has 1 fully saturated rings. The molecule has 1 amide bonds. The zero-order chi connectivity index (χ0) is 13.1. The lowest BCUT2D eigenvalue weighted by atomic mass is 9.90. The smallest absolute Gasteiger partial charge is 0.410 e. The molecular formula is C12H23NO4. The van der Waals surface area contributed by atoms with Gasteiger partial charge in [0.25, 0.3) is 0 Å². The molecule has 0 bridgehead atoms. The Bertz CT molecular complexity index is 262. The highest BCUT2D eigenvalue weighted by Gasteiger charge is 2.35. The lowest BCUT2D eigenvalue weighted by Gasteiger charge is -2.40. The molecule has 1 aliphatic heterocycles. The number of carbonyl (C=O) groups excluding carboxylic acids is 1. The molecule has 100 valence electrons. The Morgan fingerprint density at radius 3 is 2.47 bits per heavy atom. The van der Waals surface area contributed by atoms with Crippen molar-refractivity contribution < 1.29 is 19.7 Å². The summed E-state index contributed by atoms with van der Waals surface area (Å²) in [7, 11) is 0. The predicted octanol–water partition coefficient (Wildman–Crippen LogP) is 0.987. The molecule has 0 aromatic heterocycles. The number of likely N-dealkylation sites (tertiary alicyclic amines) is 1. The Morgan fingerprint density at radius 2 is 2.00 bits per heavy atom. The molecule has 0 radical (unpaired) electrons. The van der Waals surface area contributed by atoms with Crippen LogP contribution in [0.2, 0.25) is 0 Å². The van der Waals surface area contributed by atoms with Crippen LogP contribution in [0.5, 0.6) is 0 Å². The Kier molecular flexibility index (Phi) is 4.77. The zero-order valence-corrected chi connectivity index (χ0v) is 10.8. The lowest BCUT2D eigenvalue weighted by Crippen LogP contribution is -2.52. The summed E-state index contributed by atoms with van der Waals surface area (Å²) >= 11 is 0. The van der Waals surface area contributed by atoms with E-state index in [1.165, 1.54) is 4.90 Å². The molecular weight excluding hydrogens is 222 g/mol. The molecule has 0 aliphatic carbocycles. The van der Waals surface area contributed by atoms with Gasteiger partial charge in [0.1, 0.15) is 5.60 Å². The number of hydrogen-bond donors (Lipinski definition) is 2. The number of nitrogens with zero attached hydrogens (tertiary/aromatic N) is 1. The number of carbonyl (C=O) groups is 1. The molecule has 1 heterocycles. The minimum Gasteiger partial charge on any atom is -0.444 e. The third kappa shape index (κ3) is 3.85. The van der Waals surface area contributed by atoms with E-state index < -0.39 is 11.7 Å². The molecule has 0 spiro atoms. The van der Waals surface area contributed by atoms with E-state index in [9.17, 15) is 15.0 Å². The van der Waals surface area contributed by atoms with Crippen molar-refractivity contribution in [1.29, 1.82) is 0 Å². The highest BCUT2D eigenvalue weighted by atomic mass is 16.6. The second-order valence-electron chi connectivity index (χ2n) is 5.51. The van der Waals surface area contributed by atoms with Gasteiger partial charge in [-0.1, -0.05) is 0 Å². The molecule has 5 nitrogen and oxygen atoms in total. The quantitative estimate of drug-likeness (QED) is 0.761. The minimum absolute atomic E-state index is 0.00940. The van der Waals surface area contributed by atoms with E-state index >= 15 is 0 Å². The van der Waals surface area contributed by atoms with Gasteiger partial charge in [-0.15, -0.1) is 0 Å². The van der Waals surface area contributed by atoms with Crippen molar-refractivity contribution in [1.82, 2.24) is 4.90 Å². The van der Waals surface area contributed by atoms with Crippen molar-refractivity contribution in [3.8, 4) is 0 Å². The first-order chi connectivity index (χ1) is 7.89. The Hall–Kier alpha value is -0.810. The minimum atomic E-state index is -0.538. The average Bonchev–Trinajstić information content (AvgIpc) is 2.25. The van der Waals surface area contributed by atoms with Gasteiger partial charge < -0.3 is 19.8 Å². The Morgan fingerprint density at radius 1 is 1.35 bits per heavy atom. The molecule has 0 saturated carbocycles. The number of piperidine rings is 1. The summed E-state index contributed by atoms with van der Waals surface area (Å²) in [5, 5.41) is 18.6. The summed E-state index contributed by atoms with van der Waals surface area (Å²) in [5.41, 5.74) is -0.538. The molecule has 0 unspecified atom stereocenters. The predicted molar refractivity (Wildman–Crippen MR) is 63.6 cm³/mol. The van der Waals surface area contributed by atoms with Gasteiger partial charge >= 0.3 is 6.09 Å². The van der Waals surface area contributed by atoms with Crippen molar-refractivity contribution in [2.45, 2.75) is 45.3 Å². The summed E-state index contributed by atoms with van der Waals surface area (Å²) < 4.78 is 5.30. The lowest BCUT2D eigenvalue weighted by molar-refractivity contribution is -0.0189. The maximum atomic E-state index is 12.0. The van der Waals surface area contributed by atoms with E-state index in [4.69, 9.17) is 4.74 Å². The van der Waals surface area contributed by atoms with E-state index in [0.29, 0.717) is 6.54 Å². The van der Waals surface area contributed by atoms with Crippen LogP contribution in [0.15, 0.2) is 0 Å². The van der Waals surface area contributed by atoms with Crippen LogP contribution in [0.25, 0.3) is 0 Å². The third-order valence-corrected chi connectivity index (χ3v) is 2.97. The molecule has 0 aromatic carbocycles. The van der Waals surface area contributed by atoms with E-state index in [1.807, 2.05) is 20.8 Å². The van der Waals surface area contributed by atoms with E-state index in [0.717, 1.165) is 12.8 Å². The van der Waals surface area contributed by atoms with Gasteiger partial charge in [-0.2, -0.15) is 0 Å². The van der Waals surface area contributed by atoms with E-state index in [-0.39, 0.29) is 25.2 Å². The summed E-state index contributed by atoms with van der Waals surface area (Å²) in [4.78, 5) is 13.5. The van der Waals surface area contributed by atoms with Gasteiger partial charge in [-0.3, -0.25) is 0 Å². The van der Waals surface area contributed by atoms with Crippen molar-refractivity contribution in [3.63, 3.8) is 0 Å². The third-order valence-electron chi connectivity index (χ3n) is 2.97. The molecule has 2 atom stereocenters. The molecule has 0 aromatic rings. The van der Waals surface area contributed by atoms with E-state index in [2.05, 4.69) is 0 Å². The summed E-state index contributed by atoms with van der Waals surface area (Å²) in [6, 6.07) is -0.330. The first-order valence-corrected chi connectivity index (χ1v) is 6.10. The largest absolute Gasteiger partial charge is 0.444 e. The summed E-state index contributed by atoms with van der Waals surface area (Å²) in [6.45, 7) is 5.87. The van der Waals surface area contributed by atoms with Gasteiger partial charge in [-0.25, -0.2) is 4.79 Å². The second-order valence-corrected chi connectivity index (χ2v) is 5.51. The van der Waals surface area contributed by atoms with Crippen LogP contribution < -0.4 is 0 Å². The molecule has 1 aliphatic rings. The number of amides is 1. The fourth-order valence-electron chi connectivity index (χ4n) is 2.14. The topological polar surface area (TPSA) is 70.0 Å². The second kappa shape index (κ2) is 5.69. The molecule has 1 rings (SSSR count). The van der Waals surface area contributed by atoms with Crippen molar-refractivity contribution in [3.05, 3.63) is 0 Å². The van der Waals surface area contributed by atoms with E-state index in [1.54, 1.807) is 0 Å². The van der Waals surface area contributed by atoms with Gasteiger partial charge in [0.15, 0.2) is 0 Å². The molecule has 5 heteroatoms. The van der Waals surface area contributed by atoms with Crippen molar-refractivity contribution in [2.75, 3.05) is 19.8 Å². The Labute approximate surface area is 102 Å². The maximum absolute atomic E-state index is 12.0. The first-order valence-electron chi connectivity index (χ1n) is 6.10. The molecule has 1 saturated heterocycles. The van der Waals surface area contributed by atoms with Crippen LogP contribution in [0.4, 0.5) is 4.79 Å². The summed E-state index contributed by atoms with van der Waals surface area (Å²) in [6.07, 6.45) is 1.26. The normalized spacial score (nSPS) is 25.8. The van der Waals surface area contributed by atoms with Crippen LogP contribution in [-0.2, 0) is 4.74 Å². The number of rotatable bonds is 2. The van der Waals surface area contributed by atoms with Crippen LogP contribution in [-0.4, -0.2) is 52.6 Å². The van der Waals surface area contributed by atoms with Gasteiger partial charge in [0.2, 0.25) is 0 Å². The molecule has 2 N–H and O–H groups in total. The summed E-state index contributed by atoms with van der Waals surface area (Å²) in [5.74, 6) is -0.0544. The van der Waals surface area contributed by atoms with Crippen LogP contribution in [0.1, 0.15) is 33.6 Å².